The molecule has 0 atom stereocenters. The molecule has 104 valence electrons. The molecule has 20 heavy (non-hydrogen) atoms. The van der Waals surface area contributed by atoms with Gasteiger partial charge in [0.1, 0.15) is 0 Å². The van der Waals surface area contributed by atoms with Crippen molar-refractivity contribution in [1.29, 1.82) is 0 Å². The van der Waals surface area contributed by atoms with Crippen LogP contribution in [0, 0.1) is 6.92 Å². The highest BCUT2D eigenvalue weighted by atomic mass is 79.9. The van der Waals surface area contributed by atoms with Gasteiger partial charge in [0.2, 0.25) is 0 Å². The van der Waals surface area contributed by atoms with Crippen LogP contribution in [0.25, 0.3) is 0 Å². The van der Waals surface area contributed by atoms with Crippen LogP contribution < -0.4 is 10.6 Å². The Morgan fingerprint density at radius 3 is 3.00 bits per heavy atom. The van der Waals surface area contributed by atoms with Crippen LogP contribution in [0.5, 0.6) is 0 Å². The van der Waals surface area contributed by atoms with Gasteiger partial charge in [-0.25, -0.2) is 4.68 Å². The fourth-order valence-corrected chi connectivity index (χ4v) is 2.32. The number of benzene rings is 1. The number of carbonyl (C=O) groups is 1. The van der Waals surface area contributed by atoms with Gasteiger partial charge in [-0.05, 0) is 24.6 Å². The fourth-order valence-electron chi connectivity index (χ4n) is 1.95. The molecule has 6 nitrogen and oxygen atoms in total. The monoisotopic (exact) mass is 335 g/mol. The van der Waals surface area contributed by atoms with Gasteiger partial charge in [0.15, 0.2) is 5.69 Å². The Hall–Kier alpha value is -1.73. The highest BCUT2D eigenvalue weighted by molar-refractivity contribution is 9.10. The molecule has 0 unspecified atom stereocenters. The molecule has 7 heteroatoms. The third kappa shape index (κ3) is 2.46. The molecule has 2 aromatic rings. The third-order valence-electron chi connectivity index (χ3n) is 3.39. The first kappa shape index (κ1) is 13.3. The summed E-state index contributed by atoms with van der Waals surface area (Å²) >= 11 is 3.44. The van der Waals surface area contributed by atoms with E-state index in [-0.39, 0.29) is 5.91 Å². The van der Waals surface area contributed by atoms with Crippen LogP contribution in [0.2, 0.25) is 0 Å². The highest BCUT2D eigenvalue weighted by Gasteiger charge is 2.21. The topological polar surface area (TPSA) is 71.8 Å². The van der Waals surface area contributed by atoms with Crippen LogP contribution in [-0.2, 0) is 0 Å². The Morgan fingerprint density at radius 2 is 2.30 bits per heavy atom. The molecule has 1 aliphatic heterocycles. The molecule has 2 N–H and O–H groups in total. The summed E-state index contributed by atoms with van der Waals surface area (Å²) in [5.41, 5.74) is 2.08. The molecule has 0 bridgehead atoms. The Kier molecular flexibility index (Phi) is 3.54. The van der Waals surface area contributed by atoms with Gasteiger partial charge in [0, 0.05) is 23.2 Å². The molecule has 1 aliphatic rings. The molecule has 1 aromatic carbocycles. The van der Waals surface area contributed by atoms with E-state index in [9.17, 15) is 4.79 Å². The molecule has 1 aromatic heterocycles. The first-order valence-corrected chi connectivity index (χ1v) is 7.13. The number of rotatable bonds is 3. The van der Waals surface area contributed by atoms with Crippen LogP contribution in [-0.4, -0.2) is 34.0 Å². The van der Waals surface area contributed by atoms with Crippen LogP contribution in [0.15, 0.2) is 28.9 Å². The molecule has 0 spiro atoms. The van der Waals surface area contributed by atoms with Crippen molar-refractivity contribution < 1.29 is 4.79 Å². The van der Waals surface area contributed by atoms with E-state index in [0.29, 0.717) is 11.7 Å². The van der Waals surface area contributed by atoms with E-state index in [1.54, 1.807) is 10.9 Å². The van der Waals surface area contributed by atoms with Crippen LogP contribution in [0.4, 0.5) is 5.69 Å². The number of aromatic nitrogens is 3. The summed E-state index contributed by atoms with van der Waals surface area (Å²) < 4.78 is 2.69. The van der Waals surface area contributed by atoms with E-state index in [2.05, 4.69) is 36.9 Å². The van der Waals surface area contributed by atoms with E-state index in [1.807, 2.05) is 25.1 Å². The first-order chi connectivity index (χ1) is 9.65. The maximum atomic E-state index is 12.2. The zero-order valence-electron chi connectivity index (χ0n) is 10.9. The number of halogens is 1. The van der Waals surface area contributed by atoms with E-state index in [1.165, 1.54) is 0 Å². The smallest absolute Gasteiger partial charge is 0.277 e. The number of nitrogens with zero attached hydrogens (tertiary/aromatic N) is 3. The lowest BCUT2D eigenvalue weighted by Gasteiger charge is -2.26. The quantitative estimate of drug-likeness (QED) is 0.896. The standard InChI is InChI=1S/C13H14BrN5O/c1-8-10(14)3-2-4-11(8)16-13(20)12-7-19(18-17-12)9-5-15-6-9/h2-4,7,9,15H,5-6H2,1H3,(H,16,20). The van der Waals surface area contributed by atoms with Crippen molar-refractivity contribution in [3.63, 3.8) is 0 Å². The van der Waals surface area contributed by atoms with Gasteiger partial charge in [0.25, 0.3) is 5.91 Å². The van der Waals surface area contributed by atoms with Crippen LogP contribution in [0.3, 0.4) is 0 Å². The van der Waals surface area contributed by atoms with E-state index >= 15 is 0 Å². The van der Waals surface area contributed by atoms with Gasteiger partial charge in [0.05, 0.1) is 12.2 Å². The Balaban J connectivity index is 1.75. The average Bonchev–Trinajstić information content (AvgIpc) is 2.82. The second-order valence-corrected chi connectivity index (χ2v) is 5.62. The predicted octanol–water partition coefficient (Wildman–Crippen LogP) is 1.75. The second-order valence-electron chi connectivity index (χ2n) is 4.76. The molecular formula is C13H14BrN5O. The normalized spacial score (nSPS) is 14.9. The largest absolute Gasteiger partial charge is 0.320 e. The zero-order chi connectivity index (χ0) is 14.1. The van der Waals surface area contributed by atoms with Gasteiger partial charge in [-0.2, -0.15) is 0 Å². The van der Waals surface area contributed by atoms with Gasteiger partial charge in [-0.3, -0.25) is 4.79 Å². The van der Waals surface area contributed by atoms with Gasteiger partial charge < -0.3 is 10.6 Å². The maximum Gasteiger partial charge on any atom is 0.277 e. The van der Waals surface area contributed by atoms with Gasteiger partial charge in [-0.15, -0.1) is 5.10 Å². The van der Waals surface area contributed by atoms with Crippen LogP contribution >= 0.6 is 15.9 Å². The molecule has 1 amide bonds. The van der Waals surface area contributed by atoms with E-state index in [4.69, 9.17) is 0 Å². The third-order valence-corrected chi connectivity index (χ3v) is 4.25. The van der Waals surface area contributed by atoms with Gasteiger partial charge >= 0.3 is 0 Å². The van der Waals surface area contributed by atoms with Gasteiger partial charge in [-0.1, -0.05) is 27.2 Å². The Bertz CT molecular complexity index is 650. The van der Waals surface area contributed by atoms with Crippen molar-refractivity contribution in [2.75, 3.05) is 18.4 Å². The molecule has 0 aliphatic carbocycles. The number of nitrogens with one attached hydrogen (secondary N) is 2. The van der Waals surface area contributed by atoms with Crippen molar-refractivity contribution in [3.05, 3.63) is 40.1 Å². The van der Waals surface area contributed by atoms with Crippen molar-refractivity contribution in [2.45, 2.75) is 13.0 Å². The van der Waals surface area contributed by atoms with Crippen molar-refractivity contribution in [1.82, 2.24) is 20.3 Å². The van der Waals surface area contributed by atoms with Crippen molar-refractivity contribution in [3.8, 4) is 0 Å². The molecular weight excluding hydrogens is 322 g/mol. The highest BCUT2D eigenvalue weighted by Crippen LogP contribution is 2.23. The van der Waals surface area contributed by atoms with E-state index in [0.717, 1.165) is 28.8 Å². The number of hydrogen-bond acceptors (Lipinski definition) is 4. The maximum absolute atomic E-state index is 12.2. The SMILES string of the molecule is Cc1c(Br)cccc1NC(=O)c1cn(C2CNC2)nn1. The lowest BCUT2D eigenvalue weighted by atomic mass is 10.2. The second kappa shape index (κ2) is 5.34. The summed E-state index contributed by atoms with van der Waals surface area (Å²) in [6.07, 6.45) is 1.69. The summed E-state index contributed by atoms with van der Waals surface area (Å²) in [6, 6.07) is 5.98. The number of amides is 1. The fraction of sp³-hybridized carbons (Fsp3) is 0.308. The molecule has 1 fully saturated rings. The minimum atomic E-state index is -0.246. The molecule has 1 saturated heterocycles. The molecule has 0 saturated carbocycles. The van der Waals surface area contributed by atoms with Crippen molar-refractivity contribution in [2.24, 2.45) is 0 Å². The number of carbonyl (C=O) groups excluding carboxylic acids is 1. The minimum absolute atomic E-state index is 0.246. The summed E-state index contributed by atoms with van der Waals surface area (Å²) in [6.45, 7) is 3.68. The predicted molar refractivity (Wildman–Crippen MR) is 78.8 cm³/mol. The summed E-state index contributed by atoms with van der Waals surface area (Å²) in [5.74, 6) is -0.246. The number of hydrogen-bond donors (Lipinski definition) is 2. The zero-order valence-corrected chi connectivity index (χ0v) is 12.5. The summed E-state index contributed by atoms with van der Waals surface area (Å²) in [5, 5.41) is 13.9. The Labute approximate surface area is 124 Å². The lowest BCUT2D eigenvalue weighted by Crippen LogP contribution is -2.43. The summed E-state index contributed by atoms with van der Waals surface area (Å²) in [7, 11) is 0. The molecule has 0 radical (unpaired) electrons. The first-order valence-electron chi connectivity index (χ1n) is 6.34. The van der Waals surface area contributed by atoms with E-state index < -0.39 is 0 Å². The number of anilines is 1. The summed E-state index contributed by atoms with van der Waals surface area (Å²) in [4.78, 5) is 12.2. The molecule has 2 heterocycles. The molecule has 3 rings (SSSR count). The minimum Gasteiger partial charge on any atom is -0.320 e. The average molecular weight is 336 g/mol. The lowest BCUT2D eigenvalue weighted by molar-refractivity contribution is 0.102. The van der Waals surface area contributed by atoms with Crippen molar-refractivity contribution >= 4 is 27.5 Å². The van der Waals surface area contributed by atoms with Crippen LogP contribution in [0.1, 0.15) is 22.1 Å². The Morgan fingerprint density at radius 1 is 1.50 bits per heavy atom.